The maximum atomic E-state index is 13.1. The molecule has 0 bridgehead atoms. The number of carbonyl (C=O) groups excluding carboxylic acids is 2. The van der Waals surface area contributed by atoms with E-state index in [1.165, 1.54) is 0 Å². The first-order valence-electron chi connectivity index (χ1n) is 11.5. The predicted molar refractivity (Wildman–Crippen MR) is 133 cm³/mol. The number of aromatic nitrogens is 2. The molecule has 0 saturated carbocycles. The second-order valence-electron chi connectivity index (χ2n) is 8.72. The Labute approximate surface area is 204 Å². The number of halogens is 1. The standard InChI is InChI=1S/C26H29ClN4O3/c1-18(2)25(33)30(15-22-12-7-13-34-22)17-24(32)29-26-28-23(19-8-4-3-5-9-19)16-31(26)21-11-6-10-20(27)14-21/h3-6,8-11,14,16,18,22H,7,12-13,15,17H2,1-2H3,(H,28,29,32)/t22-/m0/s1. The quantitative estimate of drug-likeness (QED) is 0.502. The molecule has 2 heterocycles. The van der Waals surface area contributed by atoms with Crippen molar-refractivity contribution in [1.82, 2.24) is 14.5 Å². The van der Waals surface area contributed by atoms with E-state index in [4.69, 9.17) is 16.3 Å². The van der Waals surface area contributed by atoms with Gasteiger partial charge in [-0.2, -0.15) is 0 Å². The number of rotatable bonds is 8. The molecule has 2 aromatic carbocycles. The smallest absolute Gasteiger partial charge is 0.246 e. The Bertz CT molecular complexity index is 1140. The highest BCUT2D eigenvalue weighted by Gasteiger charge is 2.26. The van der Waals surface area contributed by atoms with E-state index >= 15 is 0 Å². The average molecular weight is 481 g/mol. The van der Waals surface area contributed by atoms with Crippen molar-refractivity contribution in [3.63, 3.8) is 0 Å². The Morgan fingerprint density at radius 1 is 1.21 bits per heavy atom. The zero-order valence-corrected chi connectivity index (χ0v) is 20.2. The number of imidazole rings is 1. The molecule has 1 N–H and O–H groups in total. The van der Waals surface area contributed by atoms with Crippen LogP contribution in [0.25, 0.3) is 16.9 Å². The Morgan fingerprint density at radius 3 is 2.68 bits per heavy atom. The van der Waals surface area contributed by atoms with Gasteiger partial charge in [0.05, 0.1) is 11.8 Å². The van der Waals surface area contributed by atoms with Crippen LogP contribution < -0.4 is 5.32 Å². The highest BCUT2D eigenvalue weighted by Crippen LogP contribution is 2.25. The lowest BCUT2D eigenvalue weighted by Crippen LogP contribution is -2.44. The van der Waals surface area contributed by atoms with E-state index in [-0.39, 0.29) is 30.4 Å². The fourth-order valence-electron chi connectivity index (χ4n) is 4.01. The number of carbonyl (C=O) groups is 2. The highest BCUT2D eigenvalue weighted by molar-refractivity contribution is 6.30. The van der Waals surface area contributed by atoms with Crippen LogP contribution in [0.4, 0.5) is 5.95 Å². The third kappa shape index (κ3) is 5.85. The van der Waals surface area contributed by atoms with Gasteiger partial charge in [0.25, 0.3) is 0 Å². The van der Waals surface area contributed by atoms with E-state index in [9.17, 15) is 9.59 Å². The molecule has 8 heteroatoms. The minimum atomic E-state index is -0.319. The van der Waals surface area contributed by atoms with Gasteiger partial charge in [-0.15, -0.1) is 0 Å². The van der Waals surface area contributed by atoms with Crippen LogP contribution in [-0.4, -0.2) is 52.1 Å². The van der Waals surface area contributed by atoms with Crippen molar-refractivity contribution in [2.75, 3.05) is 25.0 Å². The largest absolute Gasteiger partial charge is 0.376 e. The maximum Gasteiger partial charge on any atom is 0.246 e. The van der Waals surface area contributed by atoms with E-state index in [0.29, 0.717) is 29.8 Å². The van der Waals surface area contributed by atoms with Crippen molar-refractivity contribution < 1.29 is 14.3 Å². The number of ether oxygens (including phenoxy) is 1. The molecule has 34 heavy (non-hydrogen) atoms. The second kappa shape index (κ2) is 10.8. The molecule has 1 aromatic heterocycles. The predicted octanol–water partition coefficient (Wildman–Crippen LogP) is 4.79. The topological polar surface area (TPSA) is 76.5 Å². The molecule has 1 atom stereocenters. The van der Waals surface area contributed by atoms with Gasteiger partial charge in [0.1, 0.15) is 6.54 Å². The van der Waals surface area contributed by atoms with Gasteiger partial charge in [-0.1, -0.05) is 61.8 Å². The van der Waals surface area contributed by atoms with Crippen LogP contribution in [0.15, 0.2) is 60.8 Å². The average Bonchev–Trinajstić information content (AvgIpc) is 3.49. The van der Waals surface area contributed by atoms with Crippen molar-refractivity contribution in [2.45, 2.75) is 32.8 Å². The number of hydrogen-bond donors (Lipinski definition) is 1. The Morgan fingerprint density at radius 2 is 2.00 bits per heavy atom. The van der Waals surface area contributed by atoms with Crippen LogP contribution >= 0.6 is 11.6 Å². The first-order valence-corrected chi connectivity index (χ1v) is 11.9. The lowest BCUT2D eigenvalue weighted by atomic mass is 10.1. The number of nitrogens with one attached hydrogen (secondary N) is 1. The van der Waals surface area contributed by atoms with Gasteiger partial charge in [-0.25, -0.2) is 4.98 Å². The molecule has 178 valence electrons. The maximum absolute atomic E-state index is 13.1. The molecule has 0 aliphatic carbocycles. The van der Waals surface area contributed by atoms with Crippen molar-refractivity contribution in [2.24, 2.45) is 5.92 Å². The van der Waals surface area contributed by atoms with Gasteiger partial charge in [-0.05, 0) is 31.0 Å². The highest BCUT2D eigenvalue weighted by atomic mass is 35.5. The van der Waals surface area contributed by atoms with Crippen LogP contribution in [0.2, 0.25) is 5.02 Å². The summed E-state index contributed by atoms with van der Waals surface area (Å²) < 4.78 is 7.49. The Balaban J connectivity index is 1.59. The van der Waals surface area contributed by atoms with Crippen LogP contribution in [0.1, 0.15) is 26.7 Å². The summed E-state index contributed by atoms with van der Waals surface area (Å²) in [5.74, 6) is -0.248. The molecule has 1 aliphatic heterocycles. The van der Waals surface area contributed by atoms with Crippen molar-refractivity contribution in [1.29, 1.82) is 0 Å². The molecular weight excluding hydrogens is 452 g/mol. The molecule has 4 rings (SSSR count). The molecule has 2 amide bonds. The minimum absolute atomic E-state index is 0.0337. The summed E-state index contributed by atoms with van der Waals surface area (Å²) in [4.78, 5) is 32.1. The fraction of sp³-hybridized carbons (Fsp3) is 0.346. The van der Waals surface area contributed by atoms with Gasteiger partial charge in [-0.3, -0.25) is 19.5 Å². The van der Waals surface area contributed by atoms with Crippen molar-refractivity contribution >= 4 is 29.4 Å². The van der Waals surface area contributed by atoms with E-state index in [1.54, 1.807) is 21.6 Å². The molecule has 1 saturated heterocycles. The van der Waals surface area contributed by atoms with Crippen LogP contribution in [0.5, 0.6) is 0 Å². The summed E-state index contributed by atoms with van der Waals surface area (Å²) >= 11 is 6.21. The molecule has 1 aliphatic rings. The summed E-state index contributed by atoms with van der Waals surface area (Å²) in [6.07, 6.45) is 3.69. The molecular formula is C26H29ClN4O3. The number of benzene rings is 2. The lowest BCUT2D eigenvalue weighted by molar-refractivity contribution is -0.139. The molecule has 7 nitrogen and oxygen atoms in total. The van der Waals surface area contributed by atoms with Gasteiger partial charge in [0.2, 0.25) is 17.8 Å². The number of nitrogens with zero attached hydrogens (tertiary/aromatic N) is 3. The zero-order chi connectivity index (χ0) is 24.1. The lowest BCUT2D eigenvalue weighted by Gasteiger charge is -2.26. The molecule has 1 fully saturated rings. The van der Waals surface area contributed by atoms with Crippen LogP contribution in [0.3, 0.4) is 0 Å². The number of amides is 2. The minimum Gasteiger partial charge on any atom is -0.376 e. The Kier molecular flexibility index (Phi) is 7.65. The third-order valence-electron chi connectivity index (χ3n) is 5.70. The molecule has 0 spiro atoms. The monoisotopic (exact) mass is 480 g/mol. The summed E-state index contributed by atoms with van der Waals surface area (Å²) in [7, 11) is 0. The van der Waals surface area contributed by atoms with Gasteiger partial charge >= 0.3 is 0 Å². The van der Waals surface area contributed by atoms with E-state index < -0.39 is 0 Å². The first-order chi connectivity index (χ1) is 16.4. The summed E-state index contributed by atoms with van der Waals surface area (Å²) in [5.41, 5.74) is 2.41. The fourth-order valence-corrected chi connectivity index (χ4v) is 4.19. The third-order valence-corrected chi connectivity index (χ3v) is 5.94. The van der Waals surface area contributed by atoms with Gasteiger partial charge < -0.3 is 9.64 Å². The molecule has 3 aromatic rings. The molecule has 0 radical (unpaired) electrons. The number of hydrogen-bond acceptors (Lipinski definition) is 4. The summed E-state index contributed by atoms with van der Waals surface area (Å²) in [6.45, 7) is 4.70. The number of anilines is 1. The van der Waals surface area contributed by atoms with Crippen molar-refractivity contribution in [3.8, 4) is 16.9 Å². The summed E-state index contributed by atoms with van der Waals surface area (Å²) in [6, 6.07) is 17.1. The summed E-state index contributed by atoms with van der Waals surface area (Å²) in [5, 5.41) is 3.48. The Hall–Kier alpha value is -3.16. The van der Waals surface area contributed by atoms with Crippen LogP contribution in [0, 0.1) is 5.92 Å². The van der Waals surface area contributed by atoms with Crippen molar-refractivity contribution in [3.05, 3.63) is 65.8 Å². The van der Waals surface area contributed by atoms with E-state index in [1.807, 2.05) is 62.5 Å². The normalized spacial score (nSPS) is 15.5. The first kappa shape index (κ1) is 24.0. The zero-order valence-electron chi connectivity index (χ0n) is 19.4. The molecule has 0 unspecified atom stereocenters. The van der Waals surface area contributed by atoms with Crippen LogP contribution in [-0.2, 0) is 14.3 Å². The van der Waals surface area contributed by atoms with Gasteiger partial charge in [0, 0.05) is 41.5 Å². The van der Waals surface area contributed by atoms with E-state index in [2.05, 4.69) is 10.3 Å². The van der Waals surface area contributed by atoms with Gasteiger partial charge in [0.15, 0.2) is 0 Å². The second-order valence-corrected chi connectivity index (χ2v) is 9.16. The SMILES string of the molecule is CC(C)C(=O)N(CC(=O)Nc1nc(-c2ccccc2)cn1-c1cccc(Cl)c1)C[C@@H]1CCCO1. The van der Waals surface area contributed by atoms with E-state index in [0.717, 1.165) is 24.1 Å².